The molecule has 4 aromatic rings. The molecule has 0 radical (unpaired) electrons. The molecule has 3 aromatic carbocycles. The average molecular weight is 564 g/mol. The van der Waals surface area contributed by atoms with Crippen molar-refractivity contribution in [1.29, 1.82) is 0 Å². The van der Waals surface area contributed by atoms with Crippen molar-refractivity contribution in [2.24, 2.45) is 0 Å². The third kappa shape index (κ3) is 5.59. The van der Waals surface area contributed by atoms with Gasteiger partial charge in [-0.1, -0.05) is 84.9 Å². The molecule has 5 nitrogen and oxygen atoms in total. The van der Waals surface area contributed by atoms with Gasteiger partial charge in [0.1, 0.15) is 0 Å². The van der Waals surface area contributed by atoms with Crippen molar-refractivity contribution in [2.45, 2.75) is 38.3 Å². The summed E-state index contributed by atoms with van der Waals surface area (Å²) in [7, 11) is 0. The number of fused-ring (bicyclic) bond motifs is 1. The van der Waals surface area contributed by atoms with Gasteiger partial charge >= 0.3 is 0 Å². The molecule has 41 heavy (non-hydrogen) atoms. The Morgan fingerprint density at radius 3 is 2.15 bits per heavy atom. The Balaban J connectivity index is 1.17. The minimum absolute atomic E-state index is 0.0629. The van der Waals surface area contributed by atoms with Gasteiger partial charge in [0, 0.05) is 37.1 Å². The van der Waals surface area contributed by atoms with E-state index in [0.717, 1.165) is 24.1 Å². The molecule has 2 amide bonds. The Hall–Kier alpha value is -3.74. The van der Waals surface area contributed by atoms with Crippen LogP contribution in [-0.2, 0) is 16.0 Å². The summed E-state index contributed by atoms with van der Waals surface area (Å²) in [5, 5.41) is 2.18. The van der Waals surface area contributed by atoms with Crippen molar-refractivity contribution >= 4 is 23.2 Å². The van der Waals surface area contributed by atoms with Crippen LogP contribution in [0.4, 0.5) is 0 Å². The van der Waals surface area contributed by atoms with Gasteiger partial charge in [0.15, 0.2) is 0 Å². The lowest BCUT2D eigenvalue weighted by Crippen LogP contribution is -2.58. The number of hydrogen-bond acceptors (Lipinski definition) is 4. The fourth-order valence-corrected chi connectivity index (χ4v) is 7.42. The SMILES string of the molecule is Cc1ccccc1C1c2ccsc2CCN1CC(=O)N1CCN(C(=O)C(c2ccccc2)c2ccccc2)C(C)C1. The third-order valence-electron chi connectivity index (χ3n) is 8.66. The number of thiophene rings is 1. The van der Waals surface area contributed by atoms with E-state index < -0.39 is 0 Å². The first-order chi connectivity index (χ1) is 20.0. The van der Waals surface area contributed by atoms with Gasteiger partial charge in [0.05, 0.1) is 18.5 Å². The van der Waals surface area contributed by atoms with Crippen molar-refractivity contribution in [3.05, 3.63) is 129 Å². The summed E-state index contributed by atoms with van der Waals surface area (Å²) in [5.74, 6) is -0.114. The van der Waals surface area contributed by atoms with Crippen molar-refractivity contribution in [2.75, 3.05) is 32.7 Å². The lowest BCUT2D eigenvalue weighted by molar-refractivity contribution is -0.143. The number of aryl methyl sites for hydroxylation is 1. The maximum atomic E-state index is 14.0. The minimum atomic E-state index is -0.356. The summed E-state index contributed by atoms with van der Waals surface area (Å²) in [6.07, 6.45) is 0.974. The second-order valence-corrected chi connectivity index (χ2v) is 12.3. The quantitative estimate of drug-likeness (QED) is 0.294. The molecule has 1 aromatic heterocycles. The molecule has 1 fully saturated rings. The smallest absolute Gasteiger partial charge is 0.236 e. The summed E-state index contributed by atoms with van der Waals surface area (Å²) >= 11 is 1.82. The van der Waals surface area contributed by atoms with E-state index in [-0.39, 0.29) is 29.8 Å². The highest BCUT2D eigenvalue weighted by molar-refractivity contribution is 7.10. The van der Waals surface area contributed by atoms with Crippen LogP contribution in [0.2, 0.25) is 0 Å². The molecule has 1 saturated heterocycles. The van der Waals surface area contributed by atoms with E-state index in [0.29, 0.717) is 26.2 Å². The predicted octanol–water partition coefficient (Wildman–Crippen LogP) is 5.90. The summed E-state index contributed by atoms with van der Waals surface area (Å²) in [6, 6.07) is 30.8. The molecule has 2 aliphatic heterocycles. The van der Waals surface area contributed by atoms with Crippen LogP contribution < -0.4 is 0 Å². The van der Waals surface area contributed by atoms with Crippen molar-refractivity contribution in [1.82, 2.24) is 14.7 Å². The number of carbonyl (C=O) groups is 2. The molecule has 6 rings (SSSR count). The lowest BCUT2D eigenvalue weighted by atomic mass is 9.89. The molecule has 0 saturated carbocycles. The first-order valence-corrected chi connectivity index (χ1v) is 15.4. The van der Waals surface area contributed by atoms with E-state index in [1.807, 2.05) is 81.8 Å². The predicted molar refractivity (Wildman–Crippen MR) is 165 cm³/mol. The number of nitrogens with zero attached hydrogens (tertiary/aromatic N) is 3. The van der Waals surface area contributed by atoms with E-state index in [1.165, 1.54) is 21.6 Å². The van der Waals surface area contributed by atoms with Crippen LogP contribution in [-0.4, -0.2) is 65.3 Å². The van der Waals surface area contributed by atoms with Crippen LogP contribution in [0.15, 0.2) is 96.4 Å². The van der Waals surface area contributed by atoms with E-state index in [9.17, 15) is 9.59 Å². The van der Waals surface area contributed by atoms with Gasteiger partial charge in [-0.05, 0) is 59.5 Å². The molecule has 6 heteroatoms. The molecule has 0 aliphatic carbocycles. The molecular formula is C35H37N3O2S. The van der Waals surface area contributed by atoms with Crippen LogP contribution in [0.1, 0.15) is 51.6 Å². The number of benzene rings is 3. The van der Waals surface area contributed by atoms with E-state index in [2.05, 4.69) is 54.5 Å². The number of hydrogen-bond donors (Lipinski definition) is 0. The van der Waals surface area contributed by atoms with Gasteiger partial charge in [-0.25, -0.2) is 0 Å². The molecule has 3 heterocycles. The Labute approximate surface area is 247 Å². The minimum Gasteiger partial charge on any atom is -0.338 e. The maximum absolute atomic E-state index is 14.0. The van der Waals surface area contributed by atoms with Crippen molar-refractivity contribution in [3.8, 4) is 0 Å². The molecule has 0 bridgehead atoms. The molecule has 2 aliphatic rings. The largest absolute Gasteiger partial charge is 0.338 e. The fraction of sp³-hybridized carbons (Fsp3) is 0.314. The first kappa shape index (κ1) is 27.4. The molecule has 0 spiro atoms. The summed E-state index contributed by atoms with van der Waals surface area (Å²) < 4.78 is 0. The zero-order chi connectivity index (χ0) is 28.3. The topological polar surface area (TPSA) is 43.9 Å². The van der Waals surface area contributed by atoms with Crippen molar-refractivity contribution < 1.29 is 9.59 Å². The first-order valence-electron chi connectivity index (χ1n) is 14.5. The van der Waals surface area contributed by atoms with Gasteiger partial charge < -0.3 is 9.80 Å². The fourth-order valence-electron chi connectivity index (χ4n) is 6.52. The van der Waals surface area contributed by atoms with Gasteiger partial charge in [-0.15, -0.1) is 11.3 Å². The second kappa shape index (κ2) is 12.0. The highest BCUT2D eigenvalue weighted by atomic mass is 32.1. The molecule has 210 valence electrons. The zero-order valence-corrected chi connectivity index (χ0v) is 24.6. The van der Waals surface area contributed by atoms with Crippen LogP contribution in [0.3, 0.4) is 0 Å². The Morgan fingerprint density at radius 2 is 1.49 bits per heavy atom. The van der Waals surface area contributed by atoms with E-state index >= 15 is 0 Å². The summed E-state index contributed by atoms with van der Waals surface area (Å²) in [6.45, 7) is 7.11. The zero-order valence-electron chi connectivity index (χ0n) is 23.8. The van der Waals surface area contributed by atoms with Crippen LogP contribution in [0.5, 0.6) is 0 Å². The summed E-state index contributed by atoms with van der Waals surface area (Å²) in [5.41, 5.74) is 5.85. The van der Waals surface area contributed by atoms with Crippen LogP contribution >= 0.6 is 11.3 Å². The normalized spacial score (nSPS) is 19.3. The van der Waals surface area contributed by atoms with Gasteiger partial charge in [0.25, 0.3) is 0 Å². The molecule has 2 unspecified atom stereocenters. The number of amides is 2. The van der Waals surface area contributed by atoms with Gasteiger partial charge in [-0.2, -0.15) is 0 Å². The third-order valence-corrected chi connectivity index (χ3v) is 9.66. The number of rotatable bonds is 6. The molecule has 2 atom stereocenters. The highest BCUT2D eigenvalue weighted by Crippen LogP contribution is 2.39. The standard InChI is InChI=1S/C35H37N3O2S/c1-25-11-9-10-16-29(25)34-30-18-22-41-31(30)17-19-37(34)24-32(39)36-20-21-38(26(2)23-36)35(40)33(27-12-5-3-6-13-27)28-14-7-4-8-15-28/h3-16,18,22,26,33-34H,17,19-21,23-24H2,1-2H3. The second-order valence-electron chi connectivity index (χ2n) is 11.3. The van der Waals surface area contributed by atoms with E-state index in [1.54, 1.807) is 0 Å². The Morgan fingerprint density at radius 1 is 0.829 bits per heavy atom. The molecular weight excluding hydrogens is 526 g/mol. The number of piperazine rings is 1. The van der Waals surface area contributed by atoms with Crippen LogP contribution in [0, 0.1) is 6.92 Å². The van der Waals surface area contributed by atoms with Gasteiger partial charge in [-0.3, -0.25) is 14.5 Å². The highest BCUT2D eigenvalue weighted by Gasteiger charge is 2.37. The maximum Gasteiger partial charge on any atom is 0.236 e. The van der Waals surface area contributed by atoms with Gasteiger partial charge in [0.2, 0.25) is 11.8 Å². The Kier molecular flexibility index (Phi) is 8.04. The monoisotopic (exact) mass is 563 g/mol. The molecule has 0 N–H and O–H groups in total. The summed E-state index contributed by atoms with van der Waals surface area (Å²) in [4.78, 5) is 35.5. The Bertz CT molecular complexity index is 1460. The lowest BCUT2D eigenvalue weighted by Gasteiger charge is -2.43. The average Bonchev–Trinajstić information content (AvgIpc) is 3.48. The number of carbonyl (C=O) groups excluding carboxylic acids is 2. The van der Waals surface area contributed by atoms with Crippen molar-refractivity contribution in [3.63, 3.8) is 0 Å². The van der Waals surface area contributed by atoms with Crippen LogP contribution in [0.25, 0.3) is 0 Å². The van der Waals surface area contributed by atoms with E-state index in [4.69, 9.17) is 0 Å².